The topological polar surface area (TPSA) is 68.5 Å². The van der Waals surface area contributed by atoms with E-state index in [2.05, 4.69) is 4.72 Å². The third kappa shape index (κ3) is 3.57. The Morgan fingerprint density at radius 2 is 1.81 bits per heavy atom. The van der Waals surface area contributed by atoms with E-state index in [4.69, 9.17) is 9.15 Å². The molecule has 3 rings (SSSR count). The molecule has 0 unspecified atom stereocenters. The molecule has 136 valence electrons. The lowest BCUT2D eigenvalue weighted by atomic mass is 10.1. The molecule has 0 aliphatic carbocycles. The SMILES string of the molecule is COc1ccc(S(=O)(=O)Nc2cc(-c3ccc(C)o3)ccc2C)cc1F. The number of benzene rings is 2. The van der Waals surface area contributed by atoms with E-state index in [0.717, 1.165) is 23.0 Å². The average Bonchev–Trinajstić information content (AvgIpc) is 3.03. The van der Waals surface area contributed by atoms with Gasteiger partial charge in [0.15, 0.2) is 11.6 Å². The Morgan fingerprint density at radius 1 is 1.04 bits per heavy atom. The van der Waals surface area contributed by atoms with Crippen molar-refractivity contribution in [2.45, 2.75) is 18.7 Å². The largest absolute Gasteiger partial charge is 0.494 e. The maximum atomic E-state index is 13.9. The van der Waals surface area contributed by atoms with E-state index < -0.39 is 15.8 Å². The lowest BCUT2D eigenvalue weighted by Crippen LogP contribution is -2.14. The van der Waals surface area contributed by atoms with Crippen molar-refractivity contribution in [3.8, 4) is 17.1 Å². The van der Waals surface area contributed by atoms with Gasteiger partial charge in [-0.3, -0.25) is 4.72 Å². The number of sulfonamides is 1. The number of methoxy groups -OCH3 is 1. The maximum absolute atomic E-state index is 13.9. The highest BCUT2D eigenvalue weighted by Gasteiger charge is 2.18. The van der Waals surface area contributed by atoms with Crippen LogP contribution in [0.15, 0.2) is 57.8 Å². The third-order valence-electron chi connectivity index (χ3n) is 3.94. The molecular formula is C19H18FNO4S. The van der Waals surface area contributed by atoms with Gasteiger partial charge in [0.1, 0.15) is 11.5 Å². The second-order valence-corrected chi connectivity index (χ2v) is 7.52. The molecule has 0 spiro atoms. The van der Waals surface area contributed by atoms with Gasteiger partial charge in [0.25, 0.3) is 10.0 Å². The fourth-order valence-corrected chi connectivity index (χ4v) is 3.63. The summed E-state index contributed by atoms with van der Waals surface area (Å²) in [5.41, 5.74) is 1.87. The van der Waals surface area contributed by atoms with Crippen LogP contribution in [0.2, 0.25) is 0 Å². The van der Waals surface area contributed by atoms with E-state index in [9.17, 15) is 12.8 Å². The molecule has 5 nitrogen and oxygen atoms in total. The van der Waals surface area contributed by atoms with Gasteiger partial charge in [-0.15, -0.1) is 0 Å². The van der Waals surface area contributed by atoms with E-state index in [-0.39, 0.29) is 10.6 Å². The highest BCUT2D eigenvalue weighted by molar-refractivity contribution is 7.92. The van der Waals surface area contributed by atoms with E-state index >= 15 is 0 Å². The normalized spacial score (nSPS) is 11.4. The summed E-state index contributed by atoms with van der Waals surface area (Å²) in [6.07, 6.45) is 0. The molecule has 1 aromatic heterocycles. The molecule has 0 saturated heterocycles. The summed E-state index contributed by atoms with van der Waals surface area (Å²) in [5, 5.41) is 0. The third-order valence-corrected chi connectivity index (χ3v) is 5.30. The number of anilines is 1. The predicted molar refractivity (Wildman–Crippen MR) is 97.4 cm³/mol. The Labute approximate surface area is 151 Å². The Morgan fingerprint density at radius 3 is 2.42 bits per heavy atom. The highest BCUT2D eigenvalue weighted by atomic mass is 32.2. The number of hydrogen-bond acceptors (Lipinski definition) is 4. The van der Waals surface area contributed by atoms with Gasteiger partial charge in [0.2, 0.25) is 0 Å². The molecule has 0 saturated carbocycles. The first-order valence-electron chi connectivity index (χ1n) is 7.84. The molecule has 1 heterocycles. The lowest BCUT2D eigenvalue weighted by Gasteiger charge is -2.12. The molecular weight excluding hydrogens is 357 g/mol. The Balaban J connectivity index is 1.95. The van der Waals surface area contributed by atoms with Crippen molar-refractivity contribution in [1.29, 1.82) is 0 Å². The molecule has 0 radical (unpaired) electrons. The Kier molecular flexibility index (Phi) is 4.73. The number of ether oxygens (including phenoxy) is 1. The first kappa shape index (κ1) is 18.0. The van der Waals surface area contributed by atoms with Gasteiger partial charge >= 0.3 is 0 Å². The van der Waals surface area contributed by atoms with Gasteiger partial charge in [0.05, 0.1) is 17.7 Å². The summed E-state index contributed by atoms with van der Waals surface area (Å²) >= 11 is 0. The van der Waals surface area contributed by atoms with Crippen LogP contribution in [0.5, 0.6) is 5.75 Å². The van der Waals surface area contributed by atoms with Crippen LogP contribution < -0.4 is 9.46 Å². The quantitative estimate of drug-likeness (QED) is 0.712. The summed E-state index contributed by atoms with van der Waals surface area (Å²) in [6.45, 7) is 3.61. The minimum atomic E-state index is -3.95. The van der Waals surface area contributed by atoms with E-state index in [1.165, 1.54) is 19.2 Å². The van der Waals surface area contributed by atoms with E-state index in [0.29, 0.717) is 11.4 Å². The Hall–Kier alpha value is -2.80. The van der Waals surface area contributed by atoms with Gasteiger partial charge in [-0.25, -0.2) is 12.8 Å². The molecule has 0 fully saturated rings. The minimum absolute atomic E-state index is 0.0182. The van der Waals surface area contributed by atoms with Crippen LogP contribution >= 0.6 is 0 Å². The van der Waals surface area contributed by atoms with Gasteiger partial charge in [-0.1, -0.05) is 12.1 Å². The number of halogens is 1. The number of aryl methyl sites for hydroxylation is 2. The van der Waals surface area contributed by atoms with Crippen LogP contribution in [-0.4, -0.2) is 15.5 Å². The number of rotatable bonds is 5. The van der Waals surface area contributed by atoms with Crippen molar-refractivity contribution < 1.29 is 22.0 Å². The summed E-state index contributed by atoms with van der Waals surface area (Å²) in [5.74, 6) is 0.636. The number of furan rings is 1. The smallest absolute Gasteiger partial charge is 0.262 e. The molecule has 0 amide bonds. The zero-order valence-electron chi connectivity index (χ0n) is 14.5. The first-order chi connectivity index (χ1) is 12.3. The highest BCUT2D eigenvalue weighted by Crippen LogP contribution is 2.29. The van der Waals surface area contributed by atoms with Crippen LogP contribution in [-0.2, 0) is 10.0 Å². The standard InChI is InChI=1S/C19H18FNO4S/c1-12-4-6-14(18-8-5-13(2)25-18)10-17(12)21-26(22,23)15-7-9-19(24-3)16(20)11-15/h4-11,21H,1-3H3. The summed E-state index contributed by atoms with van der Waals surface area (Å²) < 4.78 is 52.0. The van der Waals surface area contributed by atoms with Gasteiger partial charge in [0, 0.05) is 5.56 Å². The van der Waals surface area contributed by atoms with Crippen LogP contribution in [0.25, 0.3) is 11.3 Å². The molecule has 1 N–H and O–H groups in total. The van der Waals surface area contributed by atoms with Crippen LogP contribution in [0.1, 0.15) is 11.3 Å². The zero-order chi connectivity index (χ0) is 18.9. The van der Waals surface area contributed by atoms with E-state index in [1.807, 2.05) is 25.1 Å². The second-order valence-electron chi connectivity index (χ2n) is 5.84. The second kappa shape index (κ2) is 6.84. The van der Waals surface area contributed by atoms with Crippen LogP contribution in [0.4, 0.5) is 10.1 Å². The number of hydrogen-bond donors (Lipinski definition) is 1. The molecule has 0 bridgehead atoms. The van der Waals surface area contributed by atoms with Crippen LogP contribution in [0, 0.1) is 19.7 Å². The first-order valence-corrected chi connectivity index (χ1v) is 9.32. The Bertz CT molecular complexity index is 1060. The maximum Gasteiger partial charge on any atom is 0.262 e. The van der Waals surface area contributed by atoms with Crippen molar-refractivity contribution in [2.75, 3.05) is 11.8 Å². The molecule has 2 aromatic carbocycles. The van der Waals surface area contributed by atoms with Crippen molar-refractivity contribution in [3.05, 3.63) is 65.7 Å². The monoisotopic (exact) mass is 375 g/mol. The van der Waals surface area contributed by atoms with Crippen molar-refractivity contribution in [2.24, 2.45) is 0 Å². The van der Waals surface area contributed by atoms with Crippen molar-refractivity contribution in [1.82, 2.24) is 0 Å². The fourth-order valence-electron chi connectivity index (χ4n) is 2.49. The molecule has 26 heavy (non-hydrogen) atoms. The van der Waals surface area contributed by atoms with Gasteiger partial charge in [-0.2, -0.15) is 0 Å². The van der Waals surface area contributed by atoms with Gasteiger partial charge < -0.3 is 9.15 Å². The summed E-state index contributed by atoms with van der Waals surface area (Å²) in [6, 6.07) is 12.5. The minimum Gasteiger partial charge on any atom is -0.494 e. The zero-order valence-corrected chi connectivity index (χ0v) is 15.4. The average molecular weight is 375 g/mol. The molecule has 0 aliphatic rings. The summed E-state index contributed by atoms with van der Waals surface area (Å²) in [7, 11) is -2.64. The van der Waals surface area contributed by atoms with E-state index in [1.54, 1.807) is 19.1 Å². The molecule has 7 heteroatoms. The fraction of sp³-hybridized carbons (Fsp3) is 0.158. The lowest BCUT2D eigenvalue weighted by molar-refractivity contribution is 0.385. The predicted octanol–water partition coefficient (Wildman–Crippen LogP) is 4.51. The van der Waals surface area contributed by atoms with Crippen molar-refractivity contribution in [3.63, 3.8) is 0 Å². The molecule has 0 atom stereocenters. The van der Waals surface area contributed by atoms with Gasteiger partial charge in [-0.05, 0) is 55.8 Å². The van der Waals surface area contributed by atoms with Crippen molar-refractivity contribution >= 4 is 15.7 Å². The van der Waals surface area contributed by atoms with Crippen LogP contribution in [0.3, 0.4) is 0 Å². The number of nitrogens with one attached hydrogen (secondary N) is 1. The molecule has 3 aromatic rings. The molecule has 0 aliphatic heterocycles. The summed E-state index contributed by atoms with van der Waals surface area (Å²) in [4.78, 5) is -0.186.